The number of thiazole rings is 1. The molecule has 2 heterocycles. The van der Waals surface area contributed by atoms with Crippen LogP contribution in [0.2, 0.25) is 0 Å². The molecule has 0 bridgehead atoms. The van der Waals surface area contributed by atoms with Crippen molar-refractivity contribution in [3.05, 3.63) is 51.7 Å². The van der Waals surface area contributed by atoms with Gasteiger partial charge in [0.2, 0.25) is 0 Å². The molecular weight excluding hydrogens is 270 g/mol. The van der Waals surface area contributed by atoms with Crippen molar-refractivity contribution in [3.8, 4) is 0 Å². The molecule has 0 atom stereocenters. The van der Waals surface area contributed by atoms with Crippen molar-refractivity contribution in [1.82, 2.24) is 4.98 Å². The second-order valence-corrected chi connectivity index (χ2v) is 5.75. The van der Waals surface area contributed by atoms with E-state index in [0.717, 1.165) is 16.1 Å². The lowest BCUT2D eigenvalue weighted by atomic mass is 10.3. The Bertz CT molecular complexity index is 635. The van der Waals surface area contributed by atoms with Gasteiger partial charge in [0.1, 0.15) is 5.01 Å². The molecule has 0 radical (unpaired) electrons. The van der Waals surface area contributed by atoms with Crippen LogP contribution < -0.4 is 0 Å². The number of hydrogen-bond acceptors (Lipinski definition) is 3. The van der Waals surface area contributed by atoms with Gasteiger partial charge in [0.05, 0.1) is 15.2 Å². The number of aromatic nitrogens is 1. The number of rotatable bonds is 2. The number of hydrogen-bond donors (Lipinski definition) is 0. The fourth-order valence-corrected chi connectivity index (χ4v) is 3.32. The van der Waals surface area contributed by atoms with Gasteiger partial charge in [-0.1, -0.05) is 23.7 Å². The van der Waals surface area contributed by atoms with Crippen LogP contribution in [0.15, 0.2) is 41.1 Å². The SMILES string of the molecule is Cl/C(=C\c1ccsc1)c1nc2ccccc2s1. The van der Waals surface area contributed by atoms with E-state index in [2.05, 4.69) is 16.4 Å². The van der Waals surface area contributed by atoms with Crippen LogP contribution in [0.5, 0.6) is 0 Å². The lowest BCUT2D eigenvalue weighted by Crippen LogP contribution is -1.73. The maximum Gasteiger partial charge on any atom is 0.136 e. The molecule has 0 unspecified atom stereocenters. The molecular formula is C13H8ClNS2. The molecule has 17 heavy (non-hydrogen) atoms. The molecule has 4 heteroatoms. The van der Waals surface area contributed by atoms with Crippen molar-refractivity contribution < 1.29 is 0 Å². The van der Waals surface area contributed by atoms with Gasteiger partial charge in [0, 0.05) is 0 Å². The predicted molar refractivity (Wildman–Crippen MR) is 77.7 cm³/mol. The average Bonchev–Trinajstić information content (AvgIpc) is 2.96. The molecule has 0 aliphatic rings. The predicted octanol–water partition coefficient (Wildman–Crippen LogP) is 5.09. The standard InChI is InChI=1S/C13H8ClNS2/c14-10(7-9-5-6-16-8-9)13-15-11-3-1-2-4-12(11)17-13/h1-8H/b10-7-. The zero-order chi connectivity index (χ0) is 11.7. The third kappa shape index (κ3) is 2.27. The Labute approximate surface area is 112 Å². The summed E-state index contributed by atoms with van der Waals surface area (Å²) >= 11 is 9.56. The lowest BCUT2D eigenvalue weighted by Gasteiger charge is -1.90. The number of halogens is 1. The molecule has 84 valence electrons. The minimum Gasteiger partial charge on any atom is -0.235 e. The van der Waals surface area contributed by atoms with E-state index in [0.29, 0.717) is 5.03 Å². The third-order valence-electron chi connectivity index (χ3n) is 2.33. The minimum absolute atomic E-state index is 0.699. The van der Waals surface area contributed by atoms with Gasteiger partial charge in [0.15, 0.2) is 0 Å². The quantitative estimate of drug-likeness (QED) is 0.635. The molecule has 0 spiro atoms. The number of fused-ring (bicyclic) bond motifs is 1. The molecule has 3 rings (SSSR count). The Balaban J connectivity index is 2.03. The number of thiophene rings is 1. The molecule has 2 aromatic heterocycles. The van der Waals surface area contributed by atoms with Crippen LogP contribution in [0.4, 0.5) is 0 Å². The summed E-state index contributed by atoms with van der Waals surface area (Å²) in [6.07, 6.45) is 1.95. The Morgan fingerprint density at radius 3 is 2.88 bits per heavy atom. The fourth-order valence-electron chi connectivity index (χ4n) is 1.54. The number of benzene rings is 1. The summed E-state index contributed by atoms with van der Waals surface area (Å²) in [7, 11) is 0. The average molecular weight is 278 g/mol. The van der Waals surface area contributed by atoms with Gasteiger partial charge in [-0.2, -0.15) is 11.3 Å². The highest BCUT2D eigenvalue weighted by Crippen LogP contribution is 2.30. The maximum atomic E-state index is 6.28. The van der Waals surface area contributed by atoms with Crippen LogP contribution in [-0.2, 0) is 0 Å². The van der Waals surface area contributed by atoms with Crippen LogP contribution in [0.3, 0.4) is 0 Å². The van der Waals surface area contributed by atoms with Gasteiger partial charge in [-0.15, -0.1) is 11.3 Å². The molecule has 0 aliphatic carbocycles. The van der Waals surface area contributed by atoms with Gasteiger partial charge in [-0.3, -0.25) is 0 Å². The van der Waals surface area contributed by atoms with E-state index in [9.17, 15) is 0 Å². The second-order valence-electron chi connectivity index (χ2n) is 3.54. The Kier molecular flexibility index (Phi) is 2.97. The largest absolute Gasteiger partial charge is 0.235 e. The first-order valence-corrected chi connectivity index (χ1v) is 7.22. The van der Waals surface area contributed by atoms with Crippen LogP contribution in [0, 0.1) is 0 Å². The Hall–Kier alpha value is -1.16. The smallest absolute Gasteiger partial charge is 0.136 e. The highest BCUT2D eigenvalue weighted by molar-refractivity contribution is 7.20. The summed E-state index contributed by atoms with van der Waals surface area (Å²) in [5, 5.41) is 5.67. The number of para-hydroxylation sites is 1. The van der Waals surface area contributed by atoms with Crippen molar-refractivity contribution in [2.24, 2.45) is 0 Å². The third-order valence-corrected chi connectivity index (χ3v) is 4.51. The normalized spacial score (nSPS) is 12.2. The van der Waals surface area contributed by atoms with Gasteiger partial charge in [0.25, 0.3) is 0 Å². The highest BCUT2D eigenvalue weighted by Gasteiger charge is 2.06. The molecule has 3 aromatic rings. The van der Waals surface area contributed by atoms with Crippen LogP contribution in [0.1, 0.15) is 10.6 Å². The van der Waals surface area contributed by atoms with Crippen molar-refractivity contribution in [2.75, 3.05) is 0 Å². The molecule has 0 saturated heterocycles. The summed E-state index contributed by atoms with van der Waals surface area (Å²) in [5.41, 5.74) is 2.13. The molecule has 0 amide bonds. The Morgan fingerprint density at radius 2 is 2.12 bits per heavy atom. The molecule has 1 aromatic carbocycles. The van der Waals surface area contributed by atoms with Gasteiger partial charge in [-0.25, -0.2) is 4.98 Å². The summed E-state index contributed by atoms with van der Waals surface area (Å²) < 4.78 is 1.17. The van der Waals surface area contributed by atoms with E-state index in [1.54, 1.807) is 22.7 Å². The number of nitrogens with zero attached hydrogens (tertiary/aromatic N) is 1. The van der Waals surface area contributed by atoms with Gasteiger partial charge >= 0.3 is 0 Å². The maximum absolute atomic E-state index is 6.28. The van der Waals surface area contributed by atoms with Gasteiger partial charge in [-0.05, 0) is 40.6 Å². The van der Waals surface area contributed by atoms with E-state index >= 15 is 0 Å². The second kappa shape index (κ2) is 4.61. The molecule has 1 nitrogen and oxygen atoms in total. The van der Waals surface area contributed by atoms with Crippen molar-refractivity contribution in [1.29, 1.82) is 0 Å². The van der Waals surface area contributed by atoms with E-state index in [1.165, 1.54) is 4.70 Å². The first kappa shape index (κ1) is 11.0. The summed E-state index contributed by atoms with van der Waals surface area (Å²) in [6, 6.07) is 10.1. The molecule has 0 saturated carbocycles. The van der Waals surface area contributed by atoms with Crippen LogP contribution >= 0.6 is 34.3 Å². The van der Waals surface area contributed by atoms with E-state index in [4.69, 9.17) is 11.6 Å². The molecule has 0 N–H and O–H groups in total. The van der Waals surface area contributed by atoms with E-state index in [-0.39, 0.29) is 0 Å². The summed E-state index contributed by atoms with van der Waals surface area (Å²) in [6.45, 7) is 0. The first-order chi connectivity index (χ1) is 8.33. The van der Waals surface area contributed by atoms with Gasteiger partial charge < -0.3 is 0 Å². The zero-order valence-corrected chi connectivity index (χ0v) is 11.1. The lowest BCUT2D eigenvalue weighted by molar-refractivity contribution is 1.46. The highest BCUT2D eigenvalue weighted by atomic mass is 35.5. The first-order valence-electron chi connectivity index (χ1n) is 5.08. The topological polar surface area (TPSA) is 12.9 Å². The Morgan fingerprint density at radius 1 is 1.24 bits per heavy atom. The monoisotopic (exact) mass is 277 g/mol. The van der Waals surface area contributed by atoms with Crippen molar-refractivity contribution >= 4 is 55.6 Å². The summed E-state index contributed by atoms with van der Waals surface area (Å²) in [4.78, 5) is 4.51. The zero-order valence-electron chi connectivity index (χ0n) is 8.76. The molecule has 0 fully saturated rings. The molecule has 0 aliphatic heterocycles. The van der Waals surface area contributed by atoms with Crippen LogP contribution in [0.25, 0.3) is 21.3 Å². The van der Waals surface area contributed by atoms with Crippen LogP contribution in [-0.4, -0.2) is 4.98 Å². The van der Waals surface area contributed by atoms with E-state index in [1.807, 2.05) is 35.7 Å². The summed E-state index contributed by atoms with van der Waals surface area (Å²) in [5.74, 6) is 0. The fraction of sp³-hybridized carbons (Fsp3) is 0. The van der Waals surface area contributed by atoms with Crippen molar-refractivity contribution in [3.63, 3.8) is 0 Å². The van der Waals surface area contributed by atoms with Crippen molar-refractivity contribution in [2.45, 2.75) is 0 Å². The minimum atomic E-state index is 0.699. The van der Waals surface area contributed by atoms with E-state index < -0.39 is 0 Å².